The molecule has 18 heavy (non-hydrogen) atoms. The summed E-state index contributed by atoms with van der Waals surface area (Å²) in [5, 5.41) is 3.69. The number of hydrogen-bond donors (Lipinski definition) is 1. The van der Waals surface area contributed by atoms with E-state index in [-0.39, 0.29) is 0 Å². The number of nitrogens with one attached hydrogen (secondary N) is 1. The van der Waals surface area contributed by atoms with Crippen LogP contribution in [0.3, 0.4) is 0 Å². The fourth-order valence-corrected chi connectivity index (χ4v) is 3.40. The molecule has 1 saturated carbocycles. The van der Waals surface area contributed by atoms with Gasteiger partial charge in [0.25, 0.3) is 0 Å². The highest BCUT2D eigenvalue weighted by molar-refractivity contribution is 5.23. The standard InChI is InChI=1S/C17H27N/c1-4-18-17-9-8-14(3)11-16(17)12-15-7-5-6-13(2)10-15/h5-7,10,14,16-18H,4,8-9,11-12H2,1-3H3. The van der Waals surface area contributed by atoms with Gasteiger partial charge in [-0.2, -0.15) is 0 Å². The minimum atomic E-state index is 0.728. The van der Waals surface area contributed by atoms with Gasteiger partial charge in [0.2, 0.25) is 0 Å². The summed E-state index contributed by atoms with van der Waals surface area (Å²) >= 11 is 0. The lowest BCUT2D eigenvalue weighted by atomic mass is 9.76. The molecule has 1 aliphatic carbocycles. The Kier molecular flexibility index (Phi) is 4.82. The summed E-state index contributed by atoms with van der Waals surface area (Å²) in [5.74, 6) is 1.71. The van der Waals surface area contributed by atoms with E-state index < -0.39 is 0 Å². The minimum absolute atomic E-state index is 0.728. The summed E-state index contributed by atoms with van der Waals surface area (Å²) in [5.41, 5.74) is 2.90. The van der Waals surface area contributed by atoms with Gasteiger partial charge in [-0.3, -0.25) is 0 Å². The molecule has 0 saturated heterocycles. The molecule has 1 N–H and O–H groups in total. The molecule has 1 aromatic carbocycles. The van der Waals surface area contributed by atoms with Gasteiger partial charge in [-0.25, -0.2) is 0 Å². The molecule has 1 aliphatic rings. The van der Waals surface area contributed by atoms with Crippen molar-refractivity contribution in [2.45, 2.75) is 52.5 Å². The molecule has 0 aliphatic heterocycles. The Hall–Kier alpha value is -0.820. The molecular formula is C17H27N. The second-order valence-electron chi connectivity index (χ2n) is 6.04. The third-order valence-corrected chi connectivity index (χ3v) is 4.29. The summed E-state index contributed by atoms with van der Waals surface area (Å²) < 4.78 is 0. The maximum absolute atomic E-state index is 3.69. The van der Waals surface area contributed by atoms with Crippen molar-refractivity contribution in [1.82, 2.24) is 5.32 Å². The van der Waals surface area contributed by atoms with Gasteiger partial charge in [0.1, 0.15) is 0 Å². The van der Waals surface area contributed by atoms with Crippen LogP contribution in [0.2, 0.25) is 0 Å². The molecule has 0 spiro atoms. The number of aryl methyl sites for hydroxylation is 1. The van der Waals surface area contributed by atoms with Gasteiger partial charge < -0.3 is 5.32 Å². The molecule has 1 aromatic rings. The van der Waals surface area contributed by atoms with E-state index in [1.807, 2.05) is 0 Å². The van der Waals surface area contributed by atoms with E-state index in [2.05, 4.69) is 50.4 Å². The molecule has 2 rings (SSSR count). The number of hydrogen-bond acceptors (Lipinski definition) is 1. The smallest absolute Gasteiger partial charge is 0.00985 e. The zero-order valence-corrected chi connectivity index (χ0v) is 12.1. The molecule has 100 valence electrons. The predicted molar refractivity (Wildman–Crippen MR) is 78.9 cm³/mol. The molecule has 3 unspecified atom stereocenters. The quantitative estimate of drug-likeness (QED) is 0.847. The average Bonchev–Trinajstić information content (AvgIpc) is 2.33. The average molecular weight is 245 g/mol. The van der Waals surface area contributed by atoms with Crippen LogP contribution in [0.4, 0.5) is 0 Å². The molecule has 0 radical (unpaired) electrons. The first-order valence-electron chi connectivity index (χ1n) is 7.48. The Morgan fingerprint density at radius 3 is 2.83 bits per heavy atom. The molecule has 1 fully saturated rings. The van der Waals surface area contributed by atoms with Crippen LogP contribution in [0.15, 0.2) is 24.3 Å². The van der Waals surface area contributed by atoms with Crippen molar-refractivity contribution in [2.75, 3.05) is 6.54 Å². The first kappa shape index (κ1) is 13.6. The van der Waals surface area contributed by atoms with Crippen LogP contribution >= 0.6 is 0 Å². The summed E-state index contributed by atoms with van der Waals surface area (Å²) in [7, 11) is 0. The monoisotopic (exact) mass is 245 g/mol. The van der Waals surface area contributed by atoms with Gasteiger partial charge in [0.15, 0.2) is 0 Å². The topological polar surface area (TPSA) is 12.0 Å². The highest BCUT2D eigenvalue weighted by Gasteiger charge is 2.27. The van der Waals surface area contributed by atoms with E-state index in [4.69, 9.17) is 0 Å². The Balaban J connectivity index is 2.03. The molecule has 0 amide bonds. The first-order chi connectivity index (χ1) is 8.69. The van der Waals surface area contributed by atoms with Crippen LogP contribution in [0.1, 0.15) is 44.2 Å². The molecule has 1 nitrogen and oxygen atoms in total. The fraction of sp³-hybridized carbons (Fsp3) is 0.647. The van der Waals surface area contributed by atoms with Gasteiger partial charge in [0.05, 0.1) is 0 Å². The van der Waals surface area contributed by atoms with Crippen LogP contribution in [0.5, 0.6) is 0 Å². The van der Waals surface area contributed by atoms with Crippen LogP contribution in [0, 0.1) is 18.8 Å². The third kappa shape index (κ3) is 3.58. The van der Waals surface area contributed by atoms with Gasteiger partial charge in [-0.05, 0) is 56.6 Å². The van der Waals surface area contributed by atoms with Crippen LogP contribution in [-0.4, -0.2) is 12.6 Å². The largest absolute Gasteiger partial charge is 0.314 e. The predicted octanol–water partition coefficient (Wildman–Crippen LogP) is 3.95. The first-order valence-corrected chi connectivity index (χ1v) is 7.48. The lowest BCUT2D eigenvalue weighted by molar-refractivity contribution is 0.214. The molecular weight excluding hydrogens is 218 g/mol. The van der Waals surface area contributed by atoms with Crippen LogP contribution in [-0.2, 0) is 6.42 Å². The van der Waals surface area contributed by atoms with E-state index in [1.165, 1.54) is 36.8 Å². The van der Waals surface area contributed by atoms with Crippen molar-refractivity contribution in [2.24, 2.45) is 11.8 Å². The minimum Gasteiger partial charge on any atom is -0.314 e. The van der Waals surface area contributed by atoms with E-state index in [0.29, 0.717) is 0 Å². The zero-order chi connectivity index (χ0) is 13.0. The van der Waals surface area contributed by atoms with Crippen molar-refractivity contribution >= 4 is 0 Å². The van der Waals surface area contributed by atoms with Crippen LogP contribution < -0.4 is 5.32 Å². The second-order valence-corrected chi connectivity index (χ2v) is 6.04. The highest BCUT2D eigenvalue weighted by atomic mass is 14.9. The Morgan fingerprint density at radius 1 is 1.28 bits per heavy atom. The lowest BCUT2D eigenvalue weighted by Crippen LogP contribution is -2.41. The fourth-order valence-electron chi connectivity index (χ4n) is 3.40. The van der Waals surface area contributed by atoms with Gasteiger partial charge in [0, 0.05) is 6.04 Å². The van der Waals surface area contributed by atoms with E-state index in [0.717, 1.165) is 24.4 Å². The second kappa shape index (κ2) is 6.38. The molecule has 0 heterocycles. The number of benzene rings is 1. The summed E-state index contributed by atoms with van der Waals surface area (Å²) in [6, 6.07) is 9.75. The van der Waals surface area contributed by atoms with Crippen molar-refractivity contribution in [3.8, 4) is 0 Å². The summed E-state index contributed by atoms with van der Waals surface area (Å²) in [6.45, 7) is 7.92. The molecule has 1 heteroatoms. The summed E-state index contributed by atoms with van der Waals surface area (Å²) in [6.07, 6.45) is 5.36. The third-order valence-electron chi connectivity index (χ3n) is 4.29. The van der Waals surface area contributed by atoms with Crippen molar-refractivity contribution in [3.63, 3.8) is 0 Å². The lowest BCUT2D eigenvalue weighted by Gasteiger charge is -2.35. The van der Waals surface area contributed by atoms with Crippen molar-refractivity contribution in [3.05, 3.63) is 35.4 Å². The normalized spacial score (nSPS) is 28.3. The molecule has 3 atom stereocenters. The maximum Gasteiger partial charge on any atom is 0.00985 e. The highest BCUT2D eigenvalue weighted by Crippen LogP contribution is 2.31. The van der Waals surface area contributed by atoms with Crippen molar-refractivity contribution < 1.29 is 0 Å². The van der Waals surface area contributed by atoms with E-state index in [9.17, 15) is 0 Å². The number of rotatable bonds is 4. The van der Waals surface area contributed by atoms with Gasteiger partial charge in [-0.15, -0.1) is 0 Å². The Bertz CT molecular complexity index is 372. The van der Waals surface area contributed by atoms with Gasteiger partial charge in [-0.1, -0.05) is 43.7 Å². The maximum atomic E-state index is 3.69. The van der Waals surface area contributed by atoms with Crippen LogP contribution in [0.25, 0.3) is 0 Å². The molecule has 0 bridgehead atoms. The zero-order valence-electron chi connectivity index (χ0n) is 12.1. The van der Waals surface area contributed by atoms with Gasteiger partial charge >= 0.3 is 0 Å². The summed E-state index contributed by atoms with van der Waals surface area (Å²) in [4.78, 5) is 0. The Labute approximate surface area is 112 Å². The van der Waals surface area contributed by atoms with E-state index in [1.54, 1.807) is 0 Å². The van der Waals surface area contributed by atoms with E-state index >= 15 is 0 Å². The Morgan fingerprint density at radius 2 is 2.11 bits per heavy atom. The molecule has 0 aromatic heterocycles. The van der Waals surface area contributed by atoms with Crippen molar-refractivity contribution in [1.29, 1.82) is 0 Å². The SMILES string of the molecule is CCNC1CCC(C)CC1Cc1cccc(C)c1.